The SMILES string of the molecule is CC(C)c1cccc(N(c2cccc(N(c3cccc(C(C)C)n3)c3cccc(C(C)C)n3)c2)c2cccc(C(C)C)n2)n1. The summed E-state index contributed by atoms with van der Waals surface area (Å²) in [6, 6.07) is 33.4. The highest BCUT2D eigenvalue weighted by Gasteiger charge is 2.22. The van der Waals surface area contributed by atoms with Crippen LogP contribution in [0.5, 0.6) is 0 Å². The standard InChI is InChI=1S/C38H44N6/c1-25(2)31-16-10-20-35(39-31)43(36-21-11-17-32(40-36)26(3)4)29-14-9-15-30(24-29)44(37-22-12-18-33(41-37)27(5)6)38-23-13-19-34(42-38)28(7)8/h9-28H,1-8H3. The van der Waals surface area contributed by atoms with E-state index >= 15 is 0 Å². The predicted molar refractivity (Wildman–Crippen MR) is 183 cm³/mol. The molecule has 5 rings (SSSR count). The minimum Gasteiger partial charge on any atom is -0.279 e. The van der Waals surface area contributed by atoms with Crippen LogP contribution in [0.15, 0.2) is 97.1 Å². The molecule has 0 fully saturated rings. The summed E-state index contributed by atoms with van der Waals surface area (Å²) in [6.07, 6.45) is 0. The molecule has 6 heteroatoms. The van der Waals surface area contributed by atoms with Crippen molar-refractivity contribution in [1.82, 2.24) is 19.9 Å². The van der Waals surface area contributed by atoms with Gasteiger partial charge < -0.3 is 0 Å². The number of hydrogen-bond acceptors (Lipinski definition) is 6. The molecule has 5 aromatic rings. The fourth-order valence-corrected chi connectivity index (χ4v) is 5.08. The molecule has 0 aliphatic rings. The highest BCUT2D eigenvalue weighted by molar-refractivity contribution is 5.79. The molecule has 0 radical (unpaired) electrons. The van der Waals surface area contributed by atoms with Crippen molar-refractivity contribution in [2.24, 2.45) is 0 Å². The number of hydrogen-bond donors (Lipinski definition) is 0. The van der Waals surface area contributed by atoms with Gasteiger partial charge in [0.2, 0.25) is 0 Å². The van der Waals surface area contributed by atoms with Crippen LogP contribution in [0.1, 0.15) is 102 Å². The summed E-state index contributed by atoms with van der Waals surface area (Å²) in [5.74, 6) is 4.50. The second kappa shape index (κ2) is 13.4. The first-order chi connectivity index (χ1) is 21.1. The molecule has 0 N–H and O–H groups in total. The van der Waals surface area contributed by atoms with Crippen LogP contribution in [0, 0.1) is 0 Å². The van der Waals surface area contributed by atoms with Gasteiger partial charge >= 0.3 is 0 Å². The lowest BCUT2D eigenvalue weighted by molar-refractivity contribution is 0.813. The molecular weight excluding hydrogens is 540 g/mol. The monoisotopic (exact) mass is 584 g/mol. The van der Waals surface area contributed by atoms with Crippen molar-refractivity contribution >= 4 is 34.6 Å². The minimum atomic E-state index is 0.298. The predicted octanol–water partition coefficient (Wildman–Crippen LogP) is 10.7. The maximum Gasteiger partial charge on any atom is 0.139 e. The molecular formula is C38H44N6. The largest absolute Gasteiger partial charge is 0.279 e. The zero-order valence-electron chi connectivity index (χ0n) is 27.2. The second-order valence-electron chi connectivity index (χ2n) is 12.5. The number of rotatable bonds is 10. The highest BCUT2D eigenvalue weighted by atomic mass is 15.3. The number of aromatic nitrogens is 4. The van der Waals surface area contributed by atoms with E-state index < -0.39 is 0 Å². The number of benzene rings is 1. The number of nitrogens with zero attached hydrogens (tertiary/aromatic N) is 6. The molecule has 4 aromatic heterocycles. The van der Waals surface area contributed by atoms with E-state index in [1.54, 1.807) is 0 Å². The Hall–Kier alpha value is -4.58. The van der Waals surface area contributed by atoms with Gasteiger partial charge in [-0.05, 0) is 90.4 Å². The molecule has 44 heavy (non-hydrogen) atoms. The summed E-state index contributed by atoms with van der Waals surface area (Å²) >= 11 is 0. The summed E-state index contributed by atoms with van der Waals surface area (Å²) in [6.45, 7) is 17.4. The van der Waals surface area contributed by atoms with Crippen LogP contribution in [-0.4, -0.2) is 19.9 Å². The summed E-state index contributed by atoms with van der Waals surface area (Å²) < 4.78 is 0. The Bertz CT molecular complexity index is 1480. The summed E-state index contributed by atoms with van der Waals surface area (Å²) in [5, 5.41) is 0. The molecule has 1 aromatic carbocycles. The maximum atomic E-state index is 5.10. The Morgan fingerprint density at radius 1 is 0.364 bits per heavy atom. The van der Waals surface area contributed by atoms with Gasteiger partial charge in [0.05, 0.1) is 11.4 Å². The molecule has 0 saturated heterocycles. The van der Waals surface area contributed by atoms with Gasteiger partial charge in [0.1, 0.15) is 23.3 Å². The van der Waals surface area contributed by atoms with Crippen molar-refractivity contribution in [2.75, 3.05) is 9.80 Å². The van der Waals surface area contributed by atoms with Crippen LogP contribution >= 0.6 is 0 Å². The third-order valence-electron chi connectivity index (χ3n) is 7.65. The third kappa shape index (κ3) is 6.80. The van der Waals surface area contributed by atoms with E-state index in [4.69, 9.17) is 19.9 Å². The first-order valence-electron chi connectivity index (χ1n) is 15.7. The molecule has 4 heterocycles. The van der Waals surface area contributed by atoms with Crippen LogP contribution < -0.4 is 9.80 Å². The van der Waals surface area contributed by atoms with E-state index in [9.17, 15) is 0 Å². The molecule has 0 aliphatic carbocycles. The van der Waals surface area contributed by atoms with Crippen molar-refractivity contribution < 1.29 is 0 Å². The highest BCUT2D eigenvalue weighted by Crippen LogP contribution is 2.39. The Labute approximate surface area is 262 Å². The van der Waals surface area contributed by atoms with E-state index in [1.807, 2.05) is 0 Å². The van der Waals surface area contributed by atoms with Crippen molar-refractivity contribution in [1.29, 1.82) is 0 Å². The summed E-state index contributed by atoms with van der Waals surface area (Å²) in [5.41, 5.74) is 6.05. The average Bonchev–Trinajstić information content (AvgIpc) is 3.02. The van der Waals surface area contributed by atoms with Gasteiger partial charge in [-0.2, -0.15) is 0 Å². The maximum absolute atomic E-state index is 5.10. The summed E-state index contributed by atoms with van der Waals surface area (Å²) in [7, 11) is 0. The molecule has 0 spiro atoms. The Kier molecular flexibility index (Phi) is 9.38. The lowest BCUT2D eigenvalue weighted by atomic mass is 10.1. The lowest BCUT2D eigenvalue weighted by Crippen LogP contribution is -2.17. The zero-order chi connectivity index (χ0) is 31.4. The molecule has 0 bridgehead atoms. The van der Waals surface area contributed by atoms with E-state index in [0.29, 0.717) is 23.7 Å². The van der Waals surface area contributed by atoms with Gasteiger partial charge in [0.25, 0.3) is 0 Å². The van der Waals surface area contributed by atoms with Gasteiger partial charge in [0.15, 0.2) is 0 Å². The van der Waals surface area contributed by atoms with Crippen LogP contribution in [0.2, 0.25) is 0 Å². The second-order valence-corrected chi connectivity index (χ2v) is 12.5. The van der Waals surface area contributed by atoms with Gasteiger partial charge in [-0.25, -0.2) is 19.9 Å². The van der Waals surface area contributed by atoms with Gasteiger partial charge in [-0.1, -0.05) is 85.7 Å². The Balaban J connectivity index is 1.71. The first kappa shape index (κ1) is 30.9. The quantitative estimate of drug-likeness (QED) is 0.163. The van der Waals surface area contributed by atoms with E-state index in [1.165, 1.54) is 0 Å². The van der Waals surface area contributed by atoms with E-state index in [0.717, 1.165) is 57.4 Å². The lowest BCUT2D eigenvalue weighted by Gasteiger charge is -2.28. The fourth-order valence-electron chi connectivity index (χ4n) is 5.08. The average molecular weight is 585 g/mol. The number of pyridine rings is 4. The zero-order valence-corrected chi connectivity index (χ0v) is 27.2. The third-order valence-corrected chi connectivity index (χ3v) is 7.65. The molecule has 0 unspecified atom stereocenters. The molecule has 0 saturated carbocycles. The molecule has 0 amide bonds. The van der Waals surface area contributed by atoms with Gasteiger partial charge in [-0.3, -0.25) is 9.80 Å². The summed E-state index contributed by atoms with van der Waals surface area (Å²) in [4.78, 5) is 24.7. The van der Waals surface area contributed by atoms with Crippen molar-refractivity contribution in [2.45, 2.75) is 79.1 Å². The molecule has 226 valence electrons. The van der Waals surface area contributed by atoms with E-state index in [-0.39, 0.29) is 0 Å². The molecule has 6 nitrogen and oxygen atoms in total. The fraction of sp³-hybridized carbons (Fsp3) is 0.316. The van der Waals surface area contributed by atoms with Crippen molar-refractivity contribution in [3.05, 3.63) is 120 Å². The van der Waals surface area contributed by atoms with Gasteiger partial charge in [-0.15, -0.1) is 0 Å². The Morgan fingerprint density at radius 2 is 0.614 bits per heavy atom. The first-order valence-corrected chi connectivity index (χ1v) is 15.7. The number of anilines is 6. The van der Waals surface area contributed by atoms with E-state index in [2.05, 4.69) is 162 Å². The Morgan fingerprint density at radius 3 is 0.864 bits per heavy atom. The smallest absolute Gasteiger partial charge is 0.139 e. The molecule has 0 atom stereocenters. The van der Waals surface area contributed by atoms with Crippen molar-refractivity contribution in [3.63, 3.8) is 0 Å². The molecule has 0 aliphatic heterocycles. The van der Waals surface area contributed by atoms with Crippen LogP contribution in [0.3, 0.4) is 0 Å². The van der Waals surface area contributed by atoms with Crippen LogP contribution in [-0.2, 0) is 0 Å². The van der Waals surface area contributed by atoms with Crippen LogP contribution in [0.25, 0.3) is 0 Å². The van der Waals surface area contributed by atoms with Crippen molar-refractivity contribution in [3.8, 4) is 0 Å². The van der Waals surface area contributed by atoms with Crippen LogP contribution in [0.4, 0.5) is 34.6 Å². The van der Waals surface area contributed by atoms with Gasteiger partial charge in [0, 0.05) is 22.8 Å². The normalized spacial score (nSPS) is 11.5. The topological polar surface area (TPSA) is 58.0 Å². The minimum absolute atomic E-state index is 0.298.